The summed E-state index contributed by atoms with van der Waals surface area (Å²) in [5.41, 5.74) is 1.96. The van der Waals surface area contributed by atoms with Gasteiger partial charge in [0.15, 0.2) is 0 Å². The van der Waals surface area contributed by atoms with Gasteiger partial charge in [-0.25, -0.2) is 0 Å². The molecule has 4 rings (SSSR count). The molecule has 7 nitrogen and oxygen atoms in total. The summed E-state index contributed by atoms with van der Waals surface area (Å²) in [6.07, 6.45) is 0.244. The molecule has 7 heteroatoms. The molecule has 0 bridgehead atoms. The van der Waals surface area contributed by atoms with Crippen molar-refractivity contribution in [1.82, 2.24) is 9.80 Å². The number of piperazine rings is 1. The Hall–Kier alpha value is -3.06. The van der Waals surface area contributed by atoms with Crippen LogP contribution in [0.3, 0.4) is 0 Å². The molecule has 0 spiro atoms. The standard InChI is InChI=1S/C22H25N3O4/c1-29-19-8-2-16(3-9-19)15-25-21(27)14-20(22(25)28)24-12-10-23(11-13-24)17-4-6-18(26)7-5-17/h2-9,20,26H,10-15H2,1H3. The number of phenolic OH excluding ortho intramolecular Hbond substituents is 1. The third-order valence-corrected chi connectivity index (χ3v) is 5.69. The third kappa shape index (κ3) is 4.05. The average Bonchev–Trinajstić information content (AvgIpc) is 3.03. The Morgan fingerprint density at radius 1 is 0.966 bits per heavy atom. The smallest absolute Gasteiger partial charge is 0.247 e. The lowest BCUT2D eigenvalue weighted by molar-refractivity contribution is -0.140. The van der Waals surface area contributed by atoms with Gasteiger partial charge in [0.1, 0.15) is 11.5 Å². The number of amides is 2. The Bertz CT molecular complexity index is 874. The zero-order valence-corrected chi connectivity index (χ0v) is 16.5. The first-order valence-corrected chi connectivity index (χ1v) is 9.80. The molecule has 0 saturated carbocycles. The Morgan fingerprint density at radius 3 is 2.24 bits per heavy atom. The van der Waals surface area contributed by atoms with Gasteiger partial charge in [0.05, 0.1) is 26.1 Å². The van der Waals surface area contributed by atoms with E-state index >= 15 is 0 Å². The minimum absolute atomic E-state index is 0.107. The van der Waals surface area contributed by atoms with Gasteiger partial charge in [-0.05, 0) is 42.0 Å². The number of hydrogen-bond acceptors (Lipinski definition) is 6. The van der Waals surface area contributed by atoms with Gasteiger partial charge >= 0.3 is 0 Å². The van der Waals surface area contributed by atoms with Crippen LogP contribution in [0.1, 0.15) is 12.0 Å². The van der Waals surface area contributed by atoms with Crippen molar-refractivity contribution in [2.24, 2.45) is 0 Å². The largest absolute Gasteiger partial charge is 0.508 e. The number of anilines is 1. The quantitative estimate of drug-likeness (QED) is 0.779. The number of carbonyl (C=O) groups excluding carboxylic acids is 2. The highest BCUT2D eigenvalue weighted by Crippen LogP contribution is 2.25. The molecular formula is C22H25N3O4. The number of aromatic hydroxyl groups is 1. The molecule has 0 aliphatic carbocycles. The second kappa shape index (κ2) is 8.13. The summed E-state index contributed by atoms with van der Waals surface area (Å²) >= 11 is 0. The second-order valence-electron chi connectivity index (χ2n) is 7.43. The van der Waals surface area contributed by atoms with Crippen LogP contribution in [0.4, 0.5) is 5.69 Å². The molecule has 0 aromatic heterocycles. The summed E-state index contributed by atoms with van der Waals surface area (Å²) in [6.45, 7) is 3.30. The number of ether oxygens (including phenoxy) is 1. The molecule has 1 unspecified atom stereocenters. The van der Waals surface area contributed by atoms with Crippen molar-refractivity contribution < 1.29 is 19.4 Å². The predicted octanol–water partition coefficient (Wildman–Crippen LogP) is 1.85. The van der Waals surface area contributed by atoms with Crippen molar-refractivity contribution in [3.05, 3.63) is 54.1 Å². The summed E-state index contributed by atoms with van der Waals surface area (Å²) in [5.74, 6) is 0.775. The summed E-state index contributed by atoms with van der Waals surface area (Å²) < 4.78 is 5.15. The van der Waals surface area contributed by atoms with E-state index in [2.05, 4.69) is 9.80 Å². The fourth-order valence-electron chi connectivity index (χ4n) is 3.99. The van der Waals surface area contributed by atoms with Crippen LogP contribution in [0.2, 0.25) is 0 Å². The minimum Gasteiger partial charge on any atom is -0.508 e. The molecule has 2 fully saturated rings. The Morgan fingerprint density at radius 2 is 1.62 bits per heavy atom. The maximum Gasteiger partial charge on any atom is 0.247 e. The first kappa shape index (κ1) is 19.3. The summed E-state index contributed by atoms with van der Waals surface area (Å²) in [7, 11) is 1.61. The van der Waals surface area contributed by atoms with Gasteiger partial charge < -0.3 is 14.7 Å². The van der Waals surface area contributed by atoms with Crippen LogP contribution in [0.5, 0.6) is 11.5 Å². The third-order valence-electron chi connectivity index (χ3n) is 5.69. The van der Waals surface area contributed by atoms with Crippen molar-refractivity contribution >= 4 is 17.5 Å². The lowest BCUT2D eigenvalue weighted by Gasteiger charge is -2.38. The van der Waals surface area contributed by atoms with E-state index in [1.54, 1.807) is 19.2 Å². The van der Waals surface area contributed by atoms with Crippen molar-refractivity contribution in [3.8, 4) is 11.5 Å². The SMILES string of the molecule is COc1ccc(CN2C(=O)CC(N3CCN(c4ccc(O)cc4)CC3)C2=O)cc1. The Balaban J connectivity index is 1.36. The number of rotatable bonds is 5. The predicted molar refractivity (Wildman–Crippen MR) is 109 cm³/mol. The van der Waals surface area contributed by atoms with Gasteiger partial charge in [0.2, 0.25) is 11.8 Å². The lowest BCUT2D eigenvalue weighted by atomic mass is 10.1. The molecule has 0 radical (unpaired) electrons. The van der Waals surface area contributed by atoms with E-state index < -0.39 is 0 Å². The summed E-state index contributed by atoms with van der Waals surface area (Å²) in [5, 5.41) is 9.44. The average molecular weight is 395 g/mol. The fraction of sp³-hybridized carbons (Fsp3) is 0.364. The van der Waals surface area contributed by atoms with Crippen molar-refractivity contribution in [2.45, 2.75) is 19.0 Å². The van der Waals surface area contributed by atoms with Crippen LogP contribution in [0, 0.1) is 0 Å². The number of likely N-dealkylation sites (tertiary alicyclic amines) is 1. The van der Waals surface area contributed by atoms with Crippen molar-refractivity contribution in [1.29, 1.82) is 0 Å². The van der Waals surface area contributed by atoms with Gasteiger partial charge in [-0.15, -0.1) is 0 Å². The van der Waals surface area contributed by atoms with Crippen LogP contribution < -0.4 is 9.64 Å². The van der Waals surface area contributed by atoms with Gasteiger partial charge in [-0.1, -0.05) is 12.1 Å². The minimum atomic E-state index is -0.372. The van der Waals surface area contributed by atoms with E-state index in [1.807, 2.05) is 36.4 Å². The van der Waals surface area contributed by atoms with E-state index in [1.165, 1.54) is 4.90 Å². The van der Waals surface area contributed by atoms with Crippen molar-refractivity contribution in [2.75, 3.05) is 38.2 Å². The van der Waals surface area contributed by atoms with E-state index in [9.17, 15) is 14.7 Å². The summed E-state index contributed by atoms with van der Waals surface area (Å²) in [4.78, 5) is 31.2. The second-order valence-corrected chi connectivity index (χ2v) is 7.43. The highest BCUT2D eigenvalue weighted by molar-refractivity contribution is 6.05. The molecule has 2 aliphatic heterocycles. The maximum atomic E-state index is 12.9. The van der Waals surface area contributed by atoms with Crippen LogP contribution in [-0.2, 0) is 16.1 Å². The van der Waals surface area contributed by atoms with E-state index in [0.29, 0.717) is 6.54 Å². The first-order valence-electron chi connectivity index (χ1n) is 9.80. The molecule has 29 heavy (non-hydrogen) atoms. The molecule has 2 amide bonds. The molecular weight excluding hydrogens is 370 g/mol. The molecule has 2 aliphatic rings. The van der Waals surface area contributed by atoms with Gasteiger partial charge in [0, 0.05) is 31.9 Å². The number of carbonyl (C=O) groups is 2. The molecule has 2 aromatic rings. The fourth-order valence-corrected chi connectivity index (χ4v) is 3.99. The van der Waals surface area contributed by atoms with Gasteiger partial charge in [-0.2, -0.15) is 0 Å². The zero-order chi connectivity index (χ0) is 20.4. The van der Waals surface area contributed by atoms with Crippen LogP contribution in [0.15, 0.2) is 48.5 Å². The van der Waals surface area contributed by atoms with Gasteiger partial charge in [-0.3, -0.25) is 19.4 Å². The number of hydrogen-bond donors (Lipinski definition) is 1. The first-order chi connectivity index (χ1) is 14.0. The number of phenols is 1. The number of nitrogens with zero attached hydrogens (tertiary/aromatic N) is 3. The molecule has 2 heterocycles. The Labute approximate surface area is 170 Å². The number of methoxy groups -OCH3 is 1. The van der Waals surface area contributed by atoms with Crippen molar-refractivity contribution in [3.63, 3.8) is 0 Å². The molecule has 2 aromatic carbocycles. The highest BCUT2D eigenvalue weighted by Gasteiger charge is 2.42. The van der Waals surface area contributed by atoms with Crippen LogP contribution in [0.25, 0.3) is 0 Å². The van der Waals surface area contributed by atoms with Gasteiger partial charge in [0.25, 0.3) is 0 Å². The number of benzene rings is 2. The van der Waals surface area contributed by atoms with E-state index in [0.717, 1.165) is 43.2 Å². The highest BCUT2D eigenvalue weighted by atomic mass is 16.5. The molecule has 1 N–H and O–H groups in total. The monoisotopic (exact) mass is 395 g/mol. The van der Waals surface area contributed by atoms with E-state index in [-0.39, 0.29) is 30.0 Å². The lowest BCUT2D eigenvalue weighted by Crippen LogP contribution is -2.52. The molecule has 1 atom stereocenters. The normalized spacial score (nSPS) is 20.4. The Kier molecular flexibility index (Phi) is 5.40. The topological polar surface area (TPSA) is 73.3 Å². The van der Waals surface area contributed by atoms with Crippen LogP contribution in [-0.4, -0.2) is 66.1 Å². The summed E-state index contributed by atoms with van der Waals surface area (Å²) in [6, 6.07) is 14.2. The maximum absolute atomic E-state index is 12.9. The van der Waals surface area contributed by atoms with E-state index in [4.69, 9.17) is 4.74 Å². The van der Waals surface area contributed by atoms with Crippen LogP contribution >= 0.6 is 0 Å². The number of imide groups is 1. The molecule has 152 valence electrons. The zero-order valence-electron chi connectivity index (χ0n) is 16.5. The molecule has 2 saturated heterocycles.